The Morgan fingerprint density at radius 2 is 0.703 bits per heavy atom. The van der Waals surface area contributed by atoms with Crippen molar-refractivity contribution in [3.05, 3.63) is 116 Å². The second-order valence-electron chi connectivity index (χ2n) is 25.3. The Labute approximate surface area is 542 Å². The third kappa shape index (κ3) is 31.7. The van der Waals surface area contributed by atoms with Gasteiger partial charge in [-0.05, 0) is 199 Å². The molecular weight excluding hydrogens is 1210 g/mol. The molecule has 17 atom stereocenters. The average Bonchev–Trinajstić information content (AvgIpc) is 1.04. The summed E-state index contributed by atoms with van der Waals surface area (Å²) in [5.74, 6) is 0. The average molecular weight is 1330 g/mol. The van der Waals surface area contributed by atoms with Crippen molar-refractivity contribution in [3.8, 4) is 0 Å². The maximum Gasteiger partial charge on any atom is 0.276 e. The van der Waals surface area contributed by atoms with Crippen molar-refractivity contribution >= 4 is 15.6 Å². The second-order valence-corrected chi connectivity index (χ2v) is 28.2. The summed E-state index contributed by atoms with van der Waals surface area (Å²) in [7, 11) is -11.6. The molecule has 522 valence electrons. The van der Waals surface area contributed by atoms with E-state index in [9.17, 15) is 64.9 Å². The van der Waals surface area contributed by atoms with Crippen LogP contribution in [0.4, 0.5) is 0 Å². The summed E-state index contributed by atoms with van der Waals surface area (Å²) in [4.78, 5) is 25.5. The summed E-state index contributed by atoms with van der Waals surface area (Å²) in [5.41, 5.74) is 13.5. The van der Waals surface area contributed by atoms with E-state index in [1.165, 1.54) is 63.2 Å². The zero-order valence-corrected chi connectivity index (χ0v) is 57.9. The predicted octanol–water partition coefficient (Wildman–Crippen LogP) is 9.95. The summed E-state index contributed by atoms with van der Waals surface area (Å²) in [6, 6.07) is 0. The highest BCUT2D eigenvalue weighted by molar-refractivity contribution is 7.59. The number of rotatable bonds is 40. The van der Waals surface area contributed by atoms with Gasteiger partial charge in [-0.2, -0.15) is 0 Å². The Morgan fingerprint density at radius 1 is 0.385 bits per heavy atom. The lowest BCUT2D eigenvalue weighted by atomic mass is 9.96. The Kier molecular flexibility index (Phi) is 38.6. The predicted molar refractivity (Wildman–Crippen MR) is 347 cm³/mol. The van der Waals surface area contributed by atoms with Crippen LogP contribution in [0.2, 0.25) is 0 Å². The van der Waals surface area contributed by atoms with Gasteiger partial charge in [-0.1, -0.05) is 116 Å². The fourth-order valence-corrected chi connectivity index (χ4v) is 12.5. The number of aliphatic hydroxyl groups excluding tert-OH is 9. The van der Waals surface area contributed by atoms with E-state index < -0.39 is 128 Å². The number of aliphatic hydroxyl groups is 9. The van der Waals surface area contributed by atoms with Gasteiger partial charge in [-0.25, -0.2) is 4.31 Å². The molecule has 0 aromatic carbocycles. The first-order valence-electron chi connectivity index (χ1n) is 32.3. The molecule has 9 N–H and O–H groups in total. The molecule has 0 aromatic heterocycles. The lowest BCUT2D eigenvalue weighted by molar-refractivity contribution is -0.375. The van der Waals surface area contributed by atoms with Gasteiger partial charge in [0.1, 0.15) is 67.1 Å². The maximum absolute atomic E-state index is 12.9. The Hall–Kier alpha value is -2.90. The molecular formula is C68H112O21P2-2. The van der Waals surface area contributed by atoms with Crippen LogP contribution in [-0.4, -0.2) is 158 Å². The molecule has 2 unspecified atom stereocenters. The number of phosphoric acid groups is 2. The zero-order valence-electron chi connectivity index (χ0n) is 56.1. The van der Waals surface area contributed by atoms with Crippen molar-refractivity contribution in [1.82, 2.24) is 0 Å². The molecule has 23 heteroatoms. The monoisotopic (exact) mass is 1330 g/mol. The third-order valence-electron chi connectivity index (χ3n) is 16.5. The number of allylic oxidation sites excluding steroid dienone is 19. The van der Waals surface area contributed by atoms with Crippen LogP contribution in [0.25, 0.3) is 0 Å². The molecule has 0 spiro atoms. The van der Waals surface area contributed by atoms with Crippen molar-refractivity contribution in [2.24, 2.45) is 0 Å². The van der Waals surface area contributed by atoms with Gasteiger partial charge < -0.3 is 84.0 Å². The minimum absolute atomic E-state index is 0.560. The van der Waals surface area contributed by atoms with Gasteiger partial charge in [0.25, 0.3) is 15.6 Å². The van der Waals surface area contributed by atoms with Crippen LogP contribution >= 0.6 is 15.6 Å². The minimum atomic E-state index is -5.98. The Balaban J connectivity index is 1.33. The first-order chi connectivity index (χ1) is 42.9. The van der Waals surface area contributed by atoms with Gasteiger partial charge >= 0.3 is 0 Å². The van der Waals surface area contributed by atoms with Crippen LogP contribution in [0, 0.1) is 0 Å². The van der Waals surface area contributed by atoms with E-state index in [2.05, 4.69) is 128 Å². The van der Waals surface area contributed by atoms with Crippen LogP contribution in [-0.2, 0) is 46.2 Å². The quantitative estimate of drug-likeness (QED) is 0.0203. The van der Waals surface area contributed by atoms with Crippen LogP contribution in [0.5, 0.6) is 0 Å². The lowest BCUT2D eigenvalue weighted by Crippen LogP contribution is -2.66. The van der Waals surface area contributed by atoms with E-state index in [4.69, 9.17) is 32.7 Å². The number of hydrogen-bond acceptors (Lipinski definition) is 21. The summed E-state index contributed by atoms with van der Waals surface area (Å²) >= 11 is 0. The smallest absolute Gasteiger partial charge is 0.276 e. The molecule has 0 amide bonds. The lowest BCUT2D eigenvalue weighted by Gasteiger charge is -2.48. The van der Waals surface area contributed by atoms with E-state index >= 15 is 0 Å². The Morgan fingerprint density at radius 3 is 1.08 bits per heavy atom. The van der Waals surface area contributed by atoms with Crippen LogP contribution < -0.4 is 9.79 Å². The fraction of sp³-hybridized carbons (Fsp3) is 0.706. The second kappa shape index (κ2) is 42.6. The molecule has 0 saturated carbocycles. The molecule has 0 bridgehead atoms. The summed E-state index contributed by atoms with van der Waals surface area (Å²) in [6.45, 7) is 22.7. The number of phosphoric ester groups is 2. The maximum atomic E-state index is 12.9. The minimum Gasteiger partial charge on any atom is -0.756 e. The standard InChI is InChI=1S/C68H114O21P2/c1-44(2)22-13-23-45(3)24-14-25-46(4)26-15-27-47(5)28-16-29-48(6)30-17-31-49(7)32-18-33-50(8)34-19-35-51(9)36-20-37-52(10)38-21-39-53(11)40-41-82-90(78,79)89-91(80,81)88-68-63(77)65(58(72)56(43-70)85-68)87-66-62(76)60(74)64(54(12)83-66)86-67-61(75)59(73)57(71)55(42-69)84-67/h22,24,26,28,30,32,34,36,38,40,54-77H,13-21,23,25,27,29,31,33,35,37,39,41-43H2,1-12H3,(H,78,79)(H,80,81)/p-2/b45-24+,46-26-,47-28-,48-30-,49-32-,50-34-,51-36-,52-38-,53-40-/t54-,55+,56+,57+,58-,59-,60-,61-,62+,63+,64-,65-,66-,67+,68-/m0/s1. The van der Waals surface area contributed by atoms with E-state index in [0.717, 1.165) is 108 Å². The molecule has 3 aliphatic rings. The van der Waals surface area contributed by atoms with Crippen molar-refractivity contribution < 1.29 is 102 Å². The third-order valence-corrected chi connectivity index (χ3v) is 19.0. The highest BCUT2D eigenvalue weighted by atomic mass is 31.3. The molecule has 3 saturated heterocycles. The van der Waals surface area contributed by atoms with Gasteiger partial charge in [0.05, 0.1) is 25.9 Å². The van der Waals surface area contributed by atoms with Gasteiger partial charge in [0, 0.05) is 0 Å². The van der Waals surface area contributed by atoms with Crippen molar-refractivity contribution in [1.29, 1.82) is 0 Å². The van der Waals surface area contributed by atoms with Crippen LogP contribution in [0.1, 0.15) is 199 Å². The molecule has 21 nitrogen and oxygen atoms in total. The van der Waals surface area contributed by atoms with Crippen molar-refractivity contribution in [3.63, 3.8) is 0 Å². The first kappa shape index (κ1) is 82.3. The molecule has 91 heavy (non-hydrogen) atoms. The topological polar surface area (TPSA) is 336 Å². The molecule has 0 radical (unpaired) electrons. The Bertz CT molecular complexity index is 2600. The highest BCUT2D eigenvalue weighted by Crippen LogP contribution is 2.57. The molecule has 3 heterocycles. The summed E-state index contributed by atoms with van der Waals surface area (Å²) < 4.78 is 66.5. The molecule has 3 rings (SSSR count). The molecule has 3 aliphatic heterocycles. The van der Waals surface area contributed by atoms with Crippen molar-refractivity contribution in [2.75, 3.05) is 19.8 Å². The number of ether oxygens (including phenoxy) is 5. The largest absolute Gasteiger partial charge is 0.756 e. The molecule has 0 aliphatic carbocycles. The highest BCUT2D eigenvalue weighted by Gasteiger charge is 2.53. The molecule has 0 aromatic rings. The van der Waals surface area contributed by atoms with Gasteiger partial charge in [0.15, 0.2) is 18.9 Å². The first-order valence-corrected chi connectivity index (χ1v) is 35.2. The van der Waals surface area contributed by atoms with E-state index in [1.54, 1.807) is 6.92 Å². The van der Waals surface area contributed by atoms with E-state index in [1.807, 2.05) is 0 Å². The van der Waals surface area contributed by atoms with Gasteiger partial charge in [-0.15, -0.1) is 0 Å². The summed E-state index contributed by atoms with van der Waals surface area (Å²) in [6.07, 6.45) is 13.2. The van der Waals surface area contributed by atoms with E-state index in [0.29, 0.717) is 12.8 Å². The normalized spacial score (nSPS) is 30.4. The number of hydrogen-bond donors (Lipinski definition) is 9. The summed E-state index contributed by atoms with van der Waals surface area (Å²) in [5, 5.41) is 93.9. The van der Waals surface area contributed by atoms with Gasteiger partial charge in [0.2, 0.25) is 0 Å². The molecule has 3 fully saturated rings. The van der Waals surface area contributed by atoms with Crippen molar-refractivity contribution in [2.45, 2.75) is 291 Å². The van der Waals surface area contributed by atoms with Gasteiger partial charge in [-0.3, -0.25) is 13.7 Å². The zero-order chi connectivity index (χ0) is 68.0. The SMILES string of the molecule is CC(C)=CCC/C(C)=C/CC/C(C)=C\CC/C(C)=C\CC/C(C)=C\CC/C(C)=C\CC/C(C)=C\CC/C(C)=C\CC/C(C)=C\CC/C(C)=C\COP(=O)([O-])OP(=O)([O-])O[C@@H]1O[C@H](CO)[C@H](O)[C@H](O[C@@H]2O[C@@H](C)[C@H](O[C@H]3O[C@H](CO)[C@@H](O)[C@H](O)[C@@H]3O)[C@@H](O)[C@H]2O)[C@H]1O. The fourth-order valence-electron chi connectivity index (χ4n) is 10.5. The van der Waals surface area contributed by atoms with E-state index in [-0.39, 0.29) is 0 Å². The van der Waals surface area contributed by atoms with Crippen LogP contribution in [0.3, 0.4) is 0 Å². The van der Waals surface area contributed by atoms with Crippen LogP contribution in [0.15, 0.2) is 116 Å².